The molecule has 0 radical (unpaired) electrons. The fraction of sp³-hybridized carbons (Fsp3) is 0.600. The third-order valence-electron chi connectivity index (χ3n) is 1.30. The van der Waals surface area contributed by atoms with Gasteiger partial charge in [-0.1, -0.05) is 0 Å². The third kappa shape index (κ3) is 9.64. The molecule has 88 valence electrons. The predicted octanol–water partition coefficient (Wildman–Crippen LogP) is 1.00. The number of hydrogen-bond donors (Lipinski definition) is 0. The third-order valence-corrected chi connectivity index (χ3v) is 3.30. The molecule has 0 bridgehead atoms. The maximum atomic E-state index is 11.1. The van der Waals surface area contributed by atoms with Crippen molar-refractivity contribution in [3.8, 4) is 0 Å². The first-order valence-electron chi connectivity index (χ1n) is 4.39. The van der Waals surface area contributed by atoms with Crippen LogP contribution < -0.4 is 0 Å². The second-order valence-corrected chi connectivity index (χ2v) is 5.09. The summed E-state index contributed by atoms with van der Waals surface area (Å²) in [5.41, 5.74) is 0. The van der Waals surface area contributed by atoms with Crippen LogP contribution in [0.15, 0.2) is 0 Å². The van der Waals surface area contributed by atoms with E-state index >= 15 is 0 Å². The van der Waals surface area contributed by atoms with E-state index in [1.165, 1.54) is 13.8 Å². The van der Waals surface area contributed by atoms with Gasteiger partial charge in [0.15, 0.2) is 0 Å². The van der Waals surface area contributed by atoms with E-state index in [4.69, 9.17) is 0 Å². The van der Waals surface area contributed by atoms with Crippen LogP contribution in [-0.4, -0.2) is 23.1 Å². The number of hydrogen-bond acceptors (Lipinski definition) is 4. The first-order valence-corrected chi connectivity index (χ1v) is 6.58. The number of rotatable bonds is 8. The second-order valence-electron chi connectivity index (χ2n) is 3.22. The predicted molar refractivity (Wildman–Crippen MR) is 50.2 cm³/mol. The molecular weight excluding hydrogens is 291 g/mol. The van der Waals surface area contributed by atoms with Gasteiger partial charge in [0.2, 0.25) is 0 Å². The van der Waals surface area contributed by atoms with Crippen molar-refractivity contribution in [1.29, 1.82) is 0 Å². The summed E-state index contributed by atoms with van der Waals surface area (Å²) in [5, 5.41) is 0. The number of carbonyl (C=O) groups excluding carboxylic acids is 4. The van der Waals surface area contributed by atoms with Crippen LogP contribution in [0.1, 0.15) is 26.7 Å². The Morgan fingerprint density at radius 3 is 1.40 bits per heavy atom. The van der Waals surface area contributed by atoms with E-state index < -0.39 is 0 Å². The molecule has 15 heavy (non-hydrogen) atoms. The van der Waals surface area contributed by atoms with Gasteiger partial charge in [-0.2, -0.15) is 0 Å². The van der Waals surface area contributed by atoms with E-state index in [1.807, 2.05) is 0 Å². The molecule has 0 N–H and O–H groups in total. The minimum atomic E-state index is -0.149. The molecular formula is C10H14O4Pd. The number of Topliss-reactive ketones (excluding diaryl/α,β-unsaturated/α-hetero) is 4. The molecule has 0 aliphatic rings. The molecule has 0 unspecified atom stereocenters. The number of carbonyl (C=O) groups is 4. The van der Waals surface area contributed by atoms with Gasteiger partial charge in [0, 0.05) is 0 Å². The maximum absolute atomic E-state index is 11.1. The van der Waals surface area contributed by atoms with Crippen LogP contribution >= 0.6 is 0 Å². The van der Waals surface area contributed by atoms with Crippen LogP contribution in [0.4, 0.5) is 0 Å². The molecule has 0 spiro atoms. The summed E-state index contributed by atoms with van der Waals surface area (Å²) < 4.78 is 0. The Morgan fingerprint density at radius 2 is 1.13 bits per heavy atom. The summed E-state index contributed by atoms with van der Waals surface area (Å²) in [6, 6.07) is 0. The first-order chi connectivity index (χ1) is 6.91. The molecule has 0 amide bonds. The second kappa shape index (κ2) is 7.61. The van der Waals surface area contributed by atoms with Crippen LogP contribution in [0.5, 0.6) is 0 Å². The average Bonchev–Trinajstić information content (AvgIpc) is 2.00. The van der Waals surface area contributed by atoms with Crippen LogP contribution in [0.3, 0.4) is 0 Å². The quantitative estimate of drug-likeness (QED) is 0.495. The molecule has 0 fully saturated rings. The summed E-state index contributed by atoms with van der Waals surface area (Å²) in [7, 11) is 0. The Morgan fingerprint density at radius 1 is 0.800 bits per heavy atom. The molecule has 0 saturated carbocycles. The van der Waals surface area contributed by atoms with E-state index in [0.29, 0.717) is 0 Å². The summed E-state index contributed by atoms with van der Waals surface area (Å²) in [5.74, 6) is -0.536. The van der Waals surface area contributed by atoms with Gasteiger partial charge >= 0.3 is 96.8 Å². The normalized spacial score (nSPS) is 10.0. The van der Waals surface area contributed by atoms with Crippen LogP contribution in [0.25, 0.3) is 0 Å². The summed E-state index contributed by atoms with van der Waals surface area (Å²) in [6.45, 7) is 2.73. The van der Waals surface area contributed by atoms with Crippen molar-refractivity contribution in [2.24, 2.45) is 0 Å². The van der Waals surface area contributed by atoms with Crippen molar-refractivity contribution in [1.82, 2.24) is 0 Å². The zero-order valence-electron chi connectivity index (χ0n) is 8.78. The SMILES string of the molecule is CC(=O)CC(=O)[CH2][Pd][CH2]C(=O)CC(C)=O. The van der Waals surface area contributed by atoms with E-state index in [2.05, 4.69) is 0 Å². The Hall–Kier alpha value is -0.658. The summed E-state index contributed by atoms with van der Waals surface area (Å²) >= 11 is -0.00387. The van der Waals surface area contributed by atoms with Crippen molar-refractivity contribution < 1.29 is 37.2 Å². The van der Waals surface area contributed by atoms with Crippen molar-refractivity contribution in [2.45, 2.75) is 36.5 Å². The molecule has 0 atom stereocenters. The molecule has 0 aliphatic heterocycles. The van der Waals surface area contributed by atoms with E-state index in [0.717, 1.165) is 0 Å². The zero-order valence-corrected chi connectivity index (χ0v) is 10.3. The fourth-order valence-corrected chi connectivity index (χ4v) is 2.30. The van der Waals surface area contributed by atoms with Crippen LogP contribution in [0.2, 0.25) is 9.79 Å². The average molecular weight is 305 g/mol. The standard InChI is InChI=1S/2C5H7O2.Pd/c2*1-4(6)3-5(2)7;/h2*1,3H2,2H3;. The van der Waals surface area contributed by atoms with Gasteiger partial charge < -0.3 is 0 Å². The summed E-state index contributed by atoms with van der Waals surface area (Å²) in [6.07, 6.45) is -0.0843. The first kappa shape index (κ1) is 14.3. The molecule has 0 saturated heterocycles. The van der Waals surface area contributed by atoms with Crippen molar-refractivity contribution in [3.05, 3.63) is 0 Å². The van der Waals surface area contributed by atoms with Crippen molar-refractivity contribution >= 4 is 23.1 Å². The Labute approximate surface area is 97.0 Å². The van der Waals surface area contributed by atoms with E-state index in [1.54, 1.807) is 0 Å². The minimum absolute atomic E-state index is 0.00387. The van der Waals surface area contributed by atoms with Crippen molar-refractivity contribution in [3.63, 3.8) is 0 Å². The molecule has 0 aromatic rings. The van der Waals surface area contributed by atoms with Gasteiger partial charge in [0.1, 0.15) is 0 Å². The summed E-state index contributed by atoms with van der Waals surface area (Å²) in [4.78, 5) is 43.9. The molecule has 0 aromatic heterocycles. The Balaban J connectivity index is 3.61. The molecule has 0 aliphatic carbocycles. The number of ketones is 4. The van der Waals surface area contributed by atoms with Gasteiger partial charge in [-0.15, -0.1) is 0 Å². The topological polar surface area (TPSA) is 68.3 Å². The molecule has 4 nitrogen and oxygen atoms in total. The molecule has 0 heterocycles. The molecule has 0 aromatic carbocycles. The Bertz CT molecular complexity index is 255. The van der Waals surface area contributed by atoms with E-state index in [9.17, 15) is 19.2 Å². The van der Waals surface area contributed by atoms with Crippen LogP contribution in [0, 0.1) is 0 Å². The molecule has 0 rings (SSSR count). The zero-order chi connectivity index (χ0) is 11.8. The van der Waals surface area contributed by atoms with Gasteiger partial charge in [-0.05, 0) is 0 Å². The van der Waals surface area contributed by atoms with Gasteiger partial charge in [-0.3, -0.25) is 0 Å². The van der Waals surface area contributed by atoms with Gasteiger partial charge in [-0.25, -0.2) is 0 Å². The van der Waals surface area contributed by atoms with Crippen LogP contribution in [-0.2, 0) is 37.2 Å². The van der Waals surface area contributed by atoms with E-state index in [-0.39, 0.29) is 63.7 Å². The Kier molecular flexibility index (Phi) is 7.28. The fourth-order valence-electron chi connectivity index (χ4n) is 0.850. The van der Waals surface area contributed by atoms with Crippen molar-refractivity contribution in [2.75, 3.05) is 0 Å². The van der Waals surface area contributed by atoms with Gasteiger partial charge in [0.25, 0.3) is 0 Å². The monoisotopic (exact) mass is 304 g/mol. The molecule has 5 heteroatoms. The van der Waals surface area contributed by atoms with Gasteiger partial charge in [0.05, 0.1) is 0 Å².